The Labute approximate surface area is 119 Å². The molecule has 0 aromatic carbocycles. The predicted octanol–water partition coefficient (Wildman–Crippen LogP) is 0.478. The molecule has 3 atom stereocenters. The molecule has 2 fully saturated rings. The molecule has 5 nitrogen and oxygen atoms in total. The summed E-state index contributed by atoms with van der Waals surface area (Å²) in [6.07, 6.45) is 7.86. The molecule has 0 bridgehead atoms. The van der Waals surface area contributed by atoms with Crippen LogP contribution in [0.3, 0.4) is 0 Å². The summed E-state index contributed by atoms with van der Waals surface area (Å²) in [5.41, 5.74) is 1.21. The highest BCUT2D eigenvalue weighted by Crippen LogP contribution is 2.20. The molecule has 5 heteroatoms. The molecule has 0 amide bonds. The molecule has 3 rings (SSSR count). The summed E-state index contributed by atoms with van der Waals surface area (Å²) >= 11 is 0. The van der Waals surface area contributed by atoms with Gasteiger partial charge in [-0.25, -0.2) is 0 Å². The zero-order valence-corrected chi connectivity index (χ0v) is 11.7. The summed E-state index contributed by atoms with van der Waals surface area (Å²) in [4.78, 5) is 4.26. The van der Waals surface area contributed by atoms with Crippen molar-refractivity contribution in [2.45, 2.75) is 43.8 Å². The van der Waals surface area contributed by atoms with Crippen molar-refractivity contribution in [1.29, 1.82) is 0 Å². The van der Waals surface area contributed by atoms with Crippen molar-refractivity contribution in [3.05, 3.63) is 24.0 Å². The Kier molecular flexibility index (Phi) is 4.50. The van der Waals surface area contributed by atoms with Gasteiger partial charge < -0.3 is 20.5 Å². The molecule has 1 aromatic heterocycles. The molecule has 3 N–H and O–H groups in total. The van der Waals surface area contributed by atoms with Crippen LogP contribution in [0.1, 0.15) is 24.8 Å². The second kappa shape index (κ2) is 6.52. The molecular formula is C15H23N3O2. The molecule has 0 saturated carbocycles. The highest BCUT2D eigenvalue weighted by Gasteiger charge is 2.27. The van der Waals surface area contributed by atoms with Gasteiger partial charge in [-0.1, -0.05) is 0 Å². The maximum absolute atomic E-state index is 8.87. The molecule has 2 aliphatic heterocycles. The first-order valence-electron chi connectivity index (χ1n) is 7.50. The summed E-state index contributed by atoms with van der Waals surface area (Å²) < 4.78 is 5.77. The van der Waals surface area contributed by atoms with E-state index >= 15 is 0 Å². The Bertz CT molecular complexity index is 431. The van der Waals surface area contributed by atoms with Crippen LogP contribution in [0.4, 0.5) is 0 Å². The van der Waals surface area contributed by atoms with Crippen molar-refractivity contribution in [3.63, 3.8) is 0 Å². The highest BCUT2D eigenvalue weighted by molar-refractivity contribution is 5.24. The average Bonchev–Trinajstić information content (AvgIpc) is 2.35. The normalized spacial score (nSPS) is 28.6. The van der Waals surface area contributed by atoms with Gasteiger partial charge in [0.15, 0.2) is 0 Å². The van der Waals surface area contributed by atoms with Crippen molar-refractivity contribution in [3.8, 4) is 5.75 Å². The van der Waals surface area contributed by atoms with E-state index in [1.807, 2.05) is 6.20 Å². The highest BCUT2D eigenvalue weighted by atomic mass is 16.5. The SMILES string of the molecule is OCC[C@H]1C[C@H](Cc2cncc(OC[C@@H]3CCN3)c2)N1. The lowest BCUT2D eigenvalue weighted by atomic mass is 9.90. The van der Waals surface area contributed by atoms with Crippen LogP contribution in [0.2, 0.25) is 0 Å². The lowest BCUT2D eigenvalue weighted by Crippen LogP contribution is -2.53. The summed E-state index contributed by atoms with van der Waals surface area (Å²) in [6, 6.07) is 3.59. The minimum atomic E-state index is 0.268. The lowest BCUT2D eigenvalue weighted by Gasteiger charge is -2.37. The fourth-order valence-electron chi connectivity index (χ4n) is 2.78. The third-order valence-electron chi connectivity index (χ3n) is 4.15. The Balaban J connectivity index is 1.45. The van der Waals surface area contributed by atoms with Gasteiger partial charge in [0.25, 0.3) is 0 Å². The van der Waals surface area contributed by atoms with Crippen molar-refractivity contribution in [2.75, 3.05) is 19.8 Å². The van der Waals surface area contributed by atoms with Gasteiger partial charge in [0.2, 0.25) is 0 Å². The van der Waals surface area contributed by atoms with Crippen LogP contribution in [0.5, 0.6) is 5.75 Å². The van der Waals surface area contributed by atoms with E-state index in [0.717, 1.165) is 38.2 Å². The van der Waals surface area contributed by atoms with E-state index in [1.165, 1.54) is 12.0 Å². The summed E-state index contributed by atoms with van der Waals surface area (Å²) in [5, 5.41) is 15.7. The van der Waals surface area contributed by atoms with Gasteiger partial charge >= 0.3 is 0 Å². The van der Waals surface area contributed by atoms with Gasteiger partial charge in [-0.3, -0.25) is 4.98 Å². The number of aromatic nitrogens is 1. The third kappa shape index (κ3) is 3.48. The number of hydrogen-bond acceptors (Lipinski definition) is 5. The quantitative estimate of drug-likeness (QED) is 0.676. The van der Waals surface area contributed by atoms with E-state index in [0.29, 0.717) is 18.1 Å². The smallest absolute Gasteiger partial charge is 0.137 e. The number of ether oxygens (including phenoxy) is 1. The first-order valence-corrected chi connectivity index (χ1v) is 7.50. The topological polar surface area (TPSA) is 66.4 Å². The molecule has 2 saturated heterocycles. The predicted molar refractivity (Wildman–Crippen MR) is 76.9 cm³/mol. The molecule has 2 aliphatic rings. The summed E-state index contributed by atoms with van der Waals surface area (Å²) in [6.45, 7) is 2.10. The second-order valence-electron chi connectivity index (χ2n) is 5.79. The minimum absolute atomic E-state index is 0.268. The molecule has 1 aromatic rings. The molecule has 3 heterocycles. The van der Waals surface area contributed by atoms with Crippen LogP contribution < -0.4 is 15.4 Å². The number of rotatable bonds is 7. The van der Waals surface area contributed by atoms with E-state index in [4.69, 9.17) is 9.84 Å². The molecule has 0 unspecified atom stereocenters. The van der Waals surface area contributed by atoms with E-state index in [1.54, 1.807) is 6.20 Å². The maximum atomic E-state index is 8.87. The van der Waals surface area contributed by atoms with Crippen molar-refractivity contribution >= 4 is 0 Å². The molecular weight excluding hydrogens is 254 g/mol. The van der Waals surface area contributed by atoms with Gasteiger partial charge in [-0.2, -0.15) is 0 Å². The number of aliphatic hydroxyl groups is 1. The number of nitrogens with one attached hydrogen (secondary N) is 2. The average molecular weight is 277 g/mol. The van der Waals surface area contributed by atoms with Crippen LogP contribution >= 0.6 is 0 Å². The first kappa shape index (κ1) is 13.8. The maximum Gasteiger partial charge on any atom is 0.137 e. The Hall–Kier alpha value is -1.17. The molecule has 0 spiro atoms. The van der Waals surface area contributed by atoms with Crippen LogP contribution in [0, 0.1) is 0 Å². The van der Waals surface area contributed by atoms with Crippen LogP contribution in [0.25, 0.3) is 0 Å². The Morgan fingerprint density at radius 1 is 1.30 bits per heavy atom. The largest absolute Gasteiger partial charge is 0.490 e. The number of aliphatic hydroxyl groups excluding tert-OH is 1. The van der Waals surface area contributed by atoms with Gasteiger partial charge in [0.1, 0.15) is 12.4 Å². The van der Waals surface area contributed by atoms with Crippen LogP contribution in [-0.4, -0.2) is 48.0 Å². The Morgan fingerprint density at radius 3 is 2.85 bits per heavy atom. The summed E-state index contributed by atoms with van der Waals surface area (Å²) in [7, 11) is 0. The van der Waals surface area contributed by atoms with Gasteiger partial charge in [0, 0.05) is 30.9 Å². The van der Waals surface area contributed by atoms with Crippen molar-refractivity contribution in [2.24, 2.45) is 0 Å². The fraction of sp³-hybridized carbons (Fsp3) is 0.667. The first-order chi connectivity index (χ1) is 9.83. The van der Waals surface area contributed by atoms with Gasteiger partial charge in [-0.05, 0) is 43.9 Å². The van der Waals surface area contributed by atoms with Crippen molar-refractivity contribution in [1.82, 2.24) is 15.6 Å². The molecule has 20 heavy (non-hydrogen) atoms. The van der Waals surface area contributed by atoms with Gasteiger partial charge in [0.05, 0.1) is 6.20 Å². The zero-order valence-electron chi connectivity index (χ0n) is 11.7. The molecule has 0 aliphatic carbocycles. The molecule has 0 radical (unpaired) electrons. The fourth-order valence-corrected chi connectivity index (χ4v) is 2.78. The number of hydrogen-bond donors (Lipinski definition) is 3. The second-order valence-corrected chi connectivity index (χ2v) is 5.79. The van der Waals surface area contributed by atoms with E-state index in [9.17, 15) is 0 Å². The zero-order chi connectivity index (χ0) is 13.8. The number of pyridine rings is 1. The third-order valence-corrected chi connectivity index (χ3v) is 4.15. The monoisotopic (exact) mass is 277 g/mol. The minimum Gasteiger partial charge on any atom is -0.490 e. The van der Waals surface area contributed by atoms with Gasteiger partial charge in [-0.15, -0.1) is 0 Å². The van der Waals surface area contributed by atoms with Crippen LogP contribution in [-0.2, 0) is 6.42 Å². The van der Waals surface area contributed by atoms with Crippen molar-refractivity contribution < 1.29 is 9.84 Å². The Morgan fingerprint density at radius 2 is 2.15 bits per heavy atom. The van der Waals surface area contributed by atoms with Crippen LogP contribution in [0.15, 0.2) is 18.5 Å². The number of nitrogens with zero attached hydrogens (tertiary/aromatic N) is 1. The van der Waals surface area contributed by atoms with E-state index < -0.39 is 0 Å². The summed E-state index contributed by atoms with van der Waals surface area (Å²) in [5.74, 6) is 0.863. The van der Waals surface area contributed by atoms with E-state index in [2.05, 4.69) is 21.7 Å². The standard InChI is InChI=1S/C15H23N3O2/c19-4-2-12-7-14(18-12)5-11-6-15(9-16-8-11)20-10-13-1-3-17-13/h6,8-9,12-14,17-19H,1-5,7,10H2/t12-,13-,14-/m0/s1. The lowest BCUT2D eigenvalue weighted by molar-refractivity contribution is 0.196. The van der Waals surface area contributed by atoms with E-state index in [-0.39, 0.29) is 6.61 Å². The molecule has 110 valence electrons.